The van der Waals surface area contributed by atoms with Crippen LogP contribution in [0.4, 0.5) is 4.39 Å². The SMILES string of the molecule is CCC1CC(=O)N(Cc2ccc(C(=O)OC)c(F)c2)C1. The Labute approximate surface area is 117 Å². The predicted molar refractivity (Wildman–Crippen MR) is 71.6 cm³/mol. The van der Waals surface area contributed by atoms with Crippen LogP contribution in [0.15, 0.2) is 18.2 Å². The summed E-state index contributed by atoms with van der Waals surface area (Å²) in [6.07, 6.45) is 1.54. The molecular weight excluding hydrogens is 261 g/mol. The molecule has 1 saturated heterocycles. The first-order valence-electron chi connectivity index (χ1n) is 6.69. The minimum atomic E-state index is -0.697. The monoisotopic (exact) mass is 279 g/mol. The molecule has 1 aromatic carbocycles. The fourth-order valence-corrected chi connectivity index (χ4v) is 2.43. The molecule has 5 heteroatoms. The molecular formula is C15H18FNO3. The second-order valence-electron chi connectivity index (χ2n) is 5.06. The van der Waals surface area contributed by atoms with Crippen LogP contribution in [0.3, 0.4) is 0 Å². The zero-order chi connectivity index (χ0) is 14.7. The first-order valence-corrected chi connectivity index (χ1v) is 6.69. The summed E-state index contributed by atoms with van der Waals surface area (Å²) in [5.41, 5.74) is 0.593. The molecule has 20 heavy (non-hydrogen) atoms. The lowest BCUT2D eigenvalue weighted by molar-refractivity contribution is -0.128. The van der Waals surface area contributed by atoms with E-state index in [1.165, 1.54) is 19.2 Å². The molecule has 108 valence electrons. The van der Waals surface area contributed by atoms with Crippen molar-refractivity contribution in [2.45, 2.75) is 26.3 Å². The van der Waals surface area contributed by atoms with Gasteiger partial charge < -0.3 is 9.64 Å². The molecule has 0 bridgehead atoms. The van der Waals surface area contributed by atoms with E-state index in [0.29, 0.717) is 24.4 Å². The minimum absolute atomic E-state index is 0.0876. The van der Waals surface area contributed by atoms with Crippen LogP contribution in [0, 0.1) is 11.7 Å². The van der Waals surface area contributed by atoms with Crippen molar-refractivity contribution >= 4 is 11.9 Å². The summed E-state index contributed by atoms with van der Waals surface area (Å²) in [4.78, 5) is 24.8. The number of rotatable bonds is 4. The first-order chi connectivity index (χ1) is 9.55. The van der Waals surface area contributed by atoms with Gasteiger partial charge in [0, 0.05) is 19.5 Å². The van der Waals surface area contributed by atoms with Gasteiger partial charge in [-0.15, -0.1) is 0 Å². The van der Waals surface area contributed by atoms with Crippen LogP contribution in [0.5, 0.6) is 0 Å². The number of likely N-dealkylation sites (tertiary alicyclic amines) is 1. The summed E-state index contributed by atoms with van der Waals surface area (Å²) < 4.78 is 18.3. The summed E-state index contributed by atoms with van der Waals surface area (Å²) in [5.74, 6) is -0.818. The van der Waals surface area contributed by atoms with Crippen molar-refractivity contribution in [3.05, 3.63) is 35.1 Å². The molecule has 0 aromatic heterocycles. The number of methoxy groups -OCH3 is 1. The highest BCUT2D eigenvalue weighted by molar-refractivity contribution is 5.89. The Morgan fingerprint density at radius 2 is 2.25 bits per heavy atom. The Balaban J connectivity index is 2.09. The smallest absolute Gasteiger partial charge is 0.340 e. The van der Waals surface area contributed by atoms with Gasteiger partial charge in [-0.05, 0) is 23.6 Å². The van der Waals surface area contributed by atoms with Crippen LogP contribution < -0.4 is 0 Å². The lowest BCUT2D eigenvalue weighted by Crippen LogP contribution is -2.24. The third-order valence-electron chi connectivity index (χ3n) is 3.68. The van der Waals surface area contributed by atoms with Gasteiger partial charge in [0.1, 0.15) is 5.82 Å². The molecule has 1 heterocycles. The van der Waals surface area contributed by atoms with Crippen LogP contribution in [0.1, 0.15) is 35.7 Å². The van der Waals surface area contributed by atoms with Gasteiger partial charge in [0.05, 0.1) is 12.7 Å². The summed E-state index contributed by atoms with van der Waals surface area (Å²) in [7, 11) is 1.21. The van der Waals surface area contributed by atoms with E-state index in [1.807, 2.05) is 0 Å². The van der Waals surface area contributed by atoms with E-state index < -0.39 is 11.8 Å². The molecule has 1 aliphatic heterocycles. The van der Waals surface area contributed by atoms with E-state index in [2.05, 4.69) is 11.7 Å². The van der Waals surface area contributed by atoms with Crippen molar-refractivity contribution < 1.29 is 18.7 Å². The number of benzene rings is 1. The Bertz CT molecular complexity index is 530. The standard InChI is InChI=1S/C15H18FNO3/c1-3-10-7-14(18)17(8-10)9-11-4-5-12(13(16)6-11)15(19)20-2/h4-6,10H,3,7-9H2,1-2H3. The van der Waals surface area contributed by atoms with Gasteiger partial charge in [-0.25, -0.2) is 9.18 Å². The molecule has 0 saturated carbocycles. The van der Waals surface area contributed by atoms with Gasteiger partial charge in [-0.2, -0.15) is 0 Å². The largest absolute Gasteiger partial charge is 0.465 e. The quantitative estimate of drug-likeness (QED) is 0.795. The van der Waals surface area contributed by atoms with Crippen molar-refractivity contribution in [1.82, 2.24) is 4.90 Å². The average molecular weight is 279 g/mol. The molecule has 1 aliphatic rings. The lowest BCUT2D eigenvalue weighted by Gasteiger charge is -2.16. The van der Waals surface area contributed by atoms with Crippen molar-refractivity contribution in [1.29, 1.82) is 0 Å². The summed E-state index contributed by atoms with van der Waals surface area (Å²) in [6.45, 7) is 3.16. The maximum Gasteiger partial charge on any atom is 0.340 e. The van der Waals surface area contributed by atoms with Crippen LogP contribution in [-0.2, 0) is 16.1 Å². The average Bonchev–Trinajstić information content (AvgIpc) is 2.79. The maximum atomic E-state index is 13.8. The third-order valence-corrected chi connectivity index (χ3v) is 3.68. The number of esters is 1. The molecule has 1 amide bonds. The van der Waals surface area contributed by atoms with E-state index in [4.69, 9.17) is 0 Å². The highest BCUT2D eigenvalue weighted by atomic mass is 19.1. The molecule has 0 N–H and O–H groups in total. The van der Waals surface area contributed by atoms with Gasteiger partial charge in [-0.3, -0.25) is 4.79 Å². The zero-order valence-corrected chi connectivity index (χ0v) is 11.7. The number of amides is 1. The second-order valence-corrected chi connectivity index (χ2v) is 5.06. The number of carbonyl (C=O) groups excluding carboxylic acids is 2. The molecule has 2 rings (SSSR count). The topological polar surface area (TPSA) is 46.6 Å². The number of hydrogen-bond acceptors (Lipinski definition) is 3. The predicted octanol–water partition coefficient (Wildman–Crippen LogP) is 2.37. The van der Waals surface area contributed by atoms with Gasteiger partial charge >= 0.3 is 5.97 Å². The number of hydrogen-bond donors (Lipinski definition) is 0. The Kier molecular flexibility index (Phi) is 4.37. The van der Waals surface area contributed by atoms with E-state index in [0.717, 1.165) is 13.0 Å². The highest BCUT2D eigenvalue weighted by Crippen LogP contribution is 2.23. The molecule has 1 unspecified atom stereocenters. The maximum absolute atomic E-state index is 13.8. The molecule has 0 radical (unpaired) electrons. The Morgan fingerprint density at radius 3 is 2.80 bits per heavy atom. The highest BCUT2D eigenvalue weighted by Gasteiger charge is 2.28. The van der Waals surface area contributed by atoms with E-state index in [-0.39, 0.29) is 11.5 Å². The minimum Gasteiger partial charge on any atom is -0.465 e. The van der Waals surface area contributed by atoms with Gasteiger partial charge in [0.25, 0.3) is 0 Å². The summed E-state index contributed by atoms with van der Waals surface area (Å²) >= 11 is 0. The first kappa shape index (κ1) is 14.5. The normalized spacial score (nSPS) is 18.4. The second kappa shape index (κ2) is 6.03. The van der Waals surface area contributed by atoms with E-state index >= 15 is 0 Å². The summed E-state index contributed by atoms with van der Waals surface area (Å²) in [5, 5.41) is 0. The molecule has 4 nitrogen and oxygen atoms in total. The van der Waals surface area contributed by atoms with Crippen LogP contribution >= 0.6 is 0 Å². The molecule has 1 fully saturated rings. The van der Waals surface area contributed by atoms with E-state index in [1.54, 1.807) is 11.0 Å². The van der Waals surface area contributed by atoms with Gasteiger partial charge in [0.15, 0.2) is 0 Å². The molecule has 1 aromatic rings. The lowest BCUT2D eigenvalue weighted by atomic mass is 10.1. The van der Waals surface area contributed by atoms with Crippen LogP contribution in [0.2, 0.25) is 0 Å². The fraction of sp³-hybridized carbons (Fsp3) is 0.467. The van der Waals surface area contributed by atoms with Crippen LogP contribution in [-0.4, -0.2) is 30.4 Å². The zero-order valence-electron chi connectivity index (χ0n) is 11.7. The number of nitrogens with zero attached hydrogens (tertiary/aromatic N) is 1. The fourth-order valence-electron chi connectivity index (χ4n) is 2.43. The van der Waals surface area contributed by atoms with Crippen molar-refractivity contribution in [2.24, 2.45) is 5.92 Å². The molecule has 1 atom stereocenters. The van der Waals surface area contributed by atoms with Crippen molar-refractivity contribution in [3.8, 4) is 0 Å². The van der Waals surface area contributed by atoms with Crippen LogP contribution in [0.25, 0.3) is 0 Å². The number of ether oxygens (including phenoxy) is 1. The summed E-state index contributed by atoms with van der Waals surface area (Å²) in [6, 6.07) is 4.34. The van der Waals surface area contributed by atoms with Gasteiger partial charge in [0.2, 0.25) is 5.91 Å². The molecule has 0 aliphatic carbocycles. The Morgan fingerprint density at radius 1 is 1.50 bits per heavy atom. The van der Waals surface area contributed by atoms with E-state index in [9.17, 15) is 14.0 Å². The Hall–Kier alpha value is -1.91. The van der Waals surface area contributed by atoms with Crippen molar-refractivity contribution in [3.63, 3.8) is 0 Å². The van der Waals surface area contributed by atoms with Gasteiger partial charge in [-0.1, -0.05) is 19.4 Å². The third kappa shape index (κ3) is 2.98. The number of carbonyl (C=O) groups is 2. The van der Waals surface area contributed by atoms with Crippen molar-refractivity contribution in [2.75, 3.05) is 13.7 Å². The number of halogens is 1. The molecule has 0 spiro atoms.